The number of amides is 1. The minimum atomic E-state index is -5.11. The van der Waals surface area contributed by atoms with E-state index in [9.17, 15) is 35.9 Å². The van der Waals surface area contributed by atoms with Crippen LogP contribution in [0.1, 0.15) is 27.9 Å². The summed E-state index contributed by atoms with van der Waals surface area (Å²) < 4.78 is 76.2. The van der Waals surface area contributed by atoms with Crippen molar-refractivity contribution in [3.63, 3.8) is 0 Å². The Morgan fingerprint density at radius 3 is 1.88 bits per heavy atom. The largest absolute Gasteiger partial charge is 0.480 e. The van der Waals surface area contributed by atoms with Crippen molar-refractivity contribution in [2.24, 2.45) is 0 Å². The number of carboxylic acid groups (broad SMARTS) is 1. The summed E-state index contributed by atoms with van der Waals surface area (Å²) >= 11 is 0. The molecule has 0 heterocycles. The Labute approximate surface area is 131 Å². The van der Waals surface area contributed by atoms with E-state index in [1.165, 1.54) is 0 Å². The smallest absolute Gasteiger partial charge is 0.416 e. The van der Waals surface area contributed by atoms with Crippen molar-refractivity contribution in [2.75, 3.05) is 0 Å². The maximum atomic E-state index is 12.7. The Balaban J connectivity index is 3.29. The number of alkyl halides is 6. The molecule has 0 spiro atoms. The molecule has 1 aromatic carbocycles. The average Bonchev–Trinajstić information content (AvgIpc) is 2.44. The summed E-state index contributed by atoms with van der Waals surface area (Å²) in [5, 5.41) is 10.7. The van der Waals surface area contributed by atoms with E-state index in [2.05, 4.69) is 6.58 Å². The molecule has 1 aromatic rings. The molecule has 0 aliphatic carbocycles. The third-order valence-corrected chi connectivity index (χ3v) is 2.86. The van der Waals surface area contributed by atoms with Crippen LogP contribution in [0.4, 0.5) is 26.3 Å². The van der Waals surface area contributed by atoms with E-state index in [4.69, 9.17) is 5.11 Å². The molecule has 0 unspecified atom stereocenters. The van der Waals surface area contributed by atoms with Gasteiger partial charge in [-0.3, -0.25) is 4.79 Å². The van der Waals surface area contributed by atoms with E-state index in [-0.39, 0.29) is 24.6 Å². The van der Waals surface area contributed by atoms with E-state index >= 15 is 0 Å². The van der Waals surface area contributed by atoms with Gasteiger partial charge >= 0.3 is 18.3 Å². The second-order valence-corrected chi connectivity index (χ2v) is 4.68. The second kappa shape index (κ2) is 6.93. The third kappa shape index (κ3) is 5.00. The molecule has 0 saturated carbocycles. The first-order valence-electron chi connectivity index (χ1n) is 6.30. The quantitative estimate of drug-likeness (QED) is 0.628. The summed E-state index contributed by atoms with van der Waals surface area (Å²) in [5.74, 6) is -2.88. The number of rotatable bonds is 5. The van der Waals surface area contributed by atoms with Gasteiger partial charge in [-0.05, 0) is 24.6 Å². The van der Waals surface area contributed by atoms with Gasteiger partial charge in [0.25, 0.3) is 5.91 Å². The van der Waals surface area contributed by atoms with Gasteiger partial charge < -0.3 is 10.4 Å². The molecule has 0 saturated heterocycles. The number of carbonyl (C=O) groups is 2. The van der Waals surface area contributed by atoms with Gasteiger partial charge in [-0.2, -0.15) is 26.3 Å². The molecule has 0 aromatic heterocycles. The van der Waals surface area contributed by atoms with Gasteiger partial charge in [0.15, 0.2) is 0 Å². The SMILES string of the molecule is C=CC[C@@H](NC(=O)c1cc(C(F)(F)F)cc(C(F)(F)F)c1)C(=O)O. The Hall–Kier alpha value is -2.52. The zero-order valence-corrected chi connectivity index (χ0v) is 11.8. The number of hydrogen-bond donors (Lipinski definition) is 2. The van der Waals surface area contributed by atoms with Crippen LogP contribution in [0.3, 0.4) is 0 Å². The van der Waals surface area contributed by atoms with E-state index in [0.29, 0.717) is 0 Å². The Kier molecular flexibility index (Phi) is 5.64. The molecule has 0 radical (unpaired) electrons. The van der Waals surface area contributed by atoms with Crippen molar-refractivity contribution < 1.29 is 41.0 Å². The zero-order chi connectivity index (χ0) is 18.7. The highest BCUT2D eigenvalue weighted by Crippen LogP contribution is 2.36. The predicted molar refractivity (Wildman–Crippen MR) is 70.2 cm³/mol. The molecule has 1 amide bonds. The maximum Gasteiger partial charge on any atom is 0.416 e. The number of benzene rings is 1. The number of nitrogens with one attached hydrogen (secondary N) is 1. The molecule has 1 rings (SSSR count). The highest BCUT2D eigenvalue weighted by Gasteiger charge is 2.37. The van der Waals surface area contributed by atoms with Crippen LogP contribution in [0, 0.1) is 0 Å². The minimum absolute atomic E-state index is 0.130. The van der Waals surface area contributed by atoms with Crippen molar-refractivity contribution in [1.82, 2.24) is 5.32 Å². The molecule has 4 nitrogen and oxygen atoms in total. The normalized spacial score (nSPS) is 13.2. The summed E-state index contributed by atoms with van der Waals surface area (Å²) in [5.41, 5.74) is -4.29. The Morgan fingerprint density at radius 2 is 1.54 bits per heavy atom. The number of aliphatic carboxylic acids is 1. The minimum Gasteiger partial charge on any atom is -0.480 e. The van der Waals surface area contributed by atoms with Crippen LogP contribution < -0.4 is 5.32 Å². The molecule has 10 heteroatoms. The molecule has 0 fully saturated rings. The monoisotopic (exact) mass is 355 g/mol. The highest BCUT2D eigenvalue weighted by atomic mass is 19.4. The molecule has 1 atom stereocenters. The molecule has 0 bridgehead atoms. The summed E-state index contributed by atoms with van der Waals surface area (Å²) in [4.78, 5) is 22.7. The summed E-state index contributed by atoms with van der Waals surface area (Å²) in [7, 11) is 0. The van der Waals surface area contributed by atoms with Gasteiger partial charge in [0, 0.05) is 5.56 Å². The van der Waals surface area contributed by atoms with Crippen LogP contribution in [-0.2, 0) is 17.1 Å². The summed E-state index contributed by atoms with van der Waals surface area (Å²) in [6, 6.07) is -1.22. The molecule has 132 valence electrons. The average molecular weight is 355 g/mol. The first-order valence-corrected chi connectivity index (χ1v) is 6.30. The van der Waals surface area contributed by atoms with Crippen LogP contribution in [-0.4, -0.2) is 23.0 Å². The number of carbonyl (C=O) groups excluding carboxylic acids is 1. The standard InChI is InChI=1S/C14H11F6NO3/c1-2-3-10(12(23)24)21-11(22)7-4-8(13(15,16)17)6-9(5-7)14(18,19)20/h2,4-6,10H,1,3H2,(H,21,22)(H,23,24)/t10-/m1/s1. The van der Waals surface area contributed by atoms with Crippen molar-refractivity contribution >= 4 is 11.9 Å². The molecule has 0 aliphatic heterocycles. The van der Waals surface area contributed by atoms with Crippen molar-refractivity contribution in [3.8, 4) is 0 Å². The molecular weight excluding hydrogens is 344 g/mol. The Bertz CT molecular complexity index is 619. The first-order chi connectivity index (χ1) is 10.9. The lowest BCUT2D eigenvalue weighted by Gasteiger charge is -2.16. The van der Waals surface area contributed by atoms with Crippen LogP contribution in [0.2, 0.25) is 0 Å². The lowest BCUT2D eigenvalue weighted by molar-refractivity contribution is -0.143. The fraction of sp³-hybridized carbons (Fsp3) is 0.286. The van der Waals surface area contributed by atoms with Crippen LogP contribution >= 0.6 is 0 Å². The van der Waals surface area contributed by atoms with E-state index in [1.807, 2.05) is 5.32 Å². The van der Waals surface area contributed by atoms with Gasteiger partial charge in [0.05, 0.1) is 11.1 Å². The van der Waals surface area contributed by atoms with E-state index in [1.54, 1.807) is 0 Å². The molecule has 0 aliphatic rings. The lowest BCUT2D eigenvalue weighted by atomic mass is 10.0. The van der Waals surface area contributed by atoms with Crippen molar-refractivity contribution in [1.29, 1.82) is 0 Å². The predicted octanol–water partition coefficient (Wildman–Crippen LogP) is 3.48. The van der Waals surface area contributed by atoms with Gasteiger partial charge in [0.1, 0.15) is 6.04 Å². The fourth-order valence-electron chi connectivity index (χ4n) is 1.72. The van der Waals surface area contributed by atoms with Crippen LogP contribution in [0.25, 0.3) is 0 Å². The van der Waals surface area contributed by atoms with Crippen molar-refractivity contribution in [3.05, 3.63) is 47.5 Å². The Morgan fingerprint density at radius 1 is 1.08 bits per heavy atom. The van der Waals surface area contributed by atoms with Gasteiger partial charge in [-0.1, -0.05) is 6.08 Å². The van der Waals surface area contributed by atoms with Crippen molar-refractivity contribution in [2.45, 2.75) is 24.8 Å². The van der Waals surface area contributed by atoms with Crippen LogP contribution in [0.15, 0.2) is 30.9 Å². The van der Waals surface area contributed by atoms with E-state index in [0.717, 1.165) is 6.08 Å². The van der Waals surface area contributed by atoms with Crippen LogP contribution in [0.5, 0.6) is 0 Å². The molecular formula is C14H11F6NO3. The number of hydrogen-bond acceptors (Lipinski definition) is 2. The summed E-state index contributed by atoms with van der Waals surface area (Å²) in [6.45, 7) is 3.24. The second-order valence-electron chi connectivity index (χ2n) is 4.68. The van der Waals surface area contributed by atoms with Gasteiger partial charge in [-0.25, -0.2) is 4.79 Å². The maximum absolute atomic E-state index is 12.7. The number of halogens is 6. The lowest BCUT2D eigenvalue weighted by Crippen LogP contribution is -2.40. The highest BCUT2D eigenvalue weighted by molar-refractivity contribution is 5.97. The first kappa shape index (κ1) is 19.5. The van der Waals surface area contributed by atoms with Gasteiger partial charge in [0.2, 0.25) is 0 Å². The van der Waals surface area contributed by atoms with E-state index < -0.39 is 47.0 Å². The fourth-order valence-corrected chi connectivity index (χ4v) is 1.72. The number of carboxylic acids is 1. The zero-order valence-electron chi connectivity index (χ0n) is 11.8. The third-order valence-electron chi connectivity index (χ3n) is 2.86. The van der Waals surface area contributed by atoms with Gasteiger partial charge in [-0.15, -0.1) is 6.58 Å². The molecule has 24 heavy (non-hydrogen) atoms. The molecule has 2 N–H and O–H groups in total. The summed E-state index contributed by atoms with van der Waals surface area (Å²) in [6.07, 6.45) is -9.34. The topological polar surface area (TPSA) is 66.4 Å².